The molecule has 18 heavy (non-hydrogen) atoms. The van der Waals surface area contributed by atoms with Crippen molar-refractivity contribution in [2.24, 2.45) is 5.92 Å². The Labute approximate surface area is 110 Å². The third-order valence-corrected chi connectivity index (χ3v) is 3.45. The average molecular weight is 273 g/mol. The Bertz CT molecular complexity index is 398. The third kappa shape index (κ3) is 3.22. The van der Waals surface area contributed by atoms with Gasteiger partial charge in [0.1, 0.15) is 11.0 Å². The summed E-state index contributed by atoms with van der Waals surface area (Å²) in [6.45, 7) is -0.0289. The number of aromatic nitrogens is 2. The van der Waals surface area contributed by atoms with E-state index in [9.17, 15) is 10.2 Å². The standard InChI is InChI=1S/C11H17ClN4O2/c12-9-4-10(16-11(13)15-9)14-8(5-17)6-1-2-7(18)3-6/h4,6-8,17-18H,1-3,5H2,(H3,13,14,15,16). The van der Waals surface area contributed by atoms with Gasteiger partial charge in [-0.25, -0.2) is 4.98 Å². The first-order chi connectivity index (χ1) is 8.58. The molecular formula is C11H17ClN4O2. The fraction of sp³-hybridized carbons (Fsp3) is 0.636. The molecule has 0 saturated heterocycles. The van der Waals surface area contributed by atoms with Crippen molar-refractivity contribution in [2.45, 2.75) is 31.4 Å². The Kier molecular flexibility index (Phi) is 4.21. The number of nitrogen functional groups attached to an aromatic ring is 1. The maximum Gasteiger partial charge on any atom is 0.223 e. The molecular weight excluding hydrogens is 256 g/mol. The van der Waals surface area contributed by atoms with Crippen LogP contribution in [0.3, 0.4) is 0 Å². The van der Waals surface area contributed by atoms with Crippen LogP contribution in [0.25, 0.3) is 0 Å². The molecule has 1 aliphatic carbocycles. The van der Waals surface area contributed by atoms with Crippen LogP contribution in [0.2, 0.25) is 5.15 Å². The highest BCUT2D eigenvalue weighted by molar-refractivity contribution is 6.29. The summed E-state index contributed by atoms with van der Waals surface area (Å²) >= 11 is 5.79. The smallest absolute Gasteiger partial charge is 0.223 e. The third-order valence-electron chi connectivity index (χ3n) is 3.26. The van der Waals surface area contributed by atoms with Crippen LogP contribution in [-0.4, -0.2) is 38.9 Å². The van der Waals surface area contributed by atoms with Crippen LogP contribution < -0.4 is 11.1 Å². The van der Waals surface area contributed by atoms with Crippen molar-refractivity contribution in [3.05, 3.63) is 11.2 Å². The number of nitrogens with one attached hydrogen (secondary N) is 1. The number of aliphatic hydroxyl groups is 2. The Morgan fingerprint density at radius 1 is 1.50 bits per heavy atom. The summed E-state index contributed by atoms with van der Waals surface area (Å²) < 4.78 is 0. The van der Waals surface area contributed by atoms with E-state index in [1.807, 2.05) is 0 Å². The van der Waals surface area contributed by atoms with Crippen LogP contribution in [0.1, 0.15) is 19.3 Å². The topological polar surface area (TPSA) is 104 Å². The molecule has 1 aromatic rings. The lowest BCUT2D eigenvalue weighted by Crippen LogP contribution is -2.32. The number of hydrogen-bond acceptors (Lipinski definition) is 6. The Balaban J connectivity index is 2.05. The first-order valence-corrected chi connectivity index (χ1v) is 6.32. The molecule has 0 radical (unpaired) electrons. The zero-order valence-electron chi connectivity index (χ0n) is 9.88. The van der Waals surface area contributed by atoms with Gasteiger partial charge in [0, 0.05) is 6.07 Å². The van der Waals surface area contributed by atoms with E-state index in [4.69, 9.17) is 17.3 Å². The summed E-state index contributed by atoms with van der Waals surface area (Å²) in [5, 5.41) is 22.3. The monoisotopic (exact) mass is 272 g/mol. The molecule has 0 bridgehead atoms. The minimum absolute atomic E-state index is 0.0289. The lowest BCUT2D eigenvalue weighted by Gasteiger charge is -2.23. The van der Waals surface area contributed by atoms with Gasteiger partial charge in [-0.2, -0.15) is 4.98 Å². The molecule has 0 spiro atoms. The molecule has 100 valence electrons. The lowest BCUT2D eigenvalue weighted by molar-refractivity contribution is 0.169. The highest BCUT2D eigenvalue weighted by Crippen LogP contribution is 2.29. The first-order valence-electron chi connectivity index (χ1n) is 5.94. The Hall–Kier alpha value is -1.11. The van der Waals surface area contributed by atoms with E-state index in [0.29, 0.717) is 12.2 Å². The minimum atomic E-state index is -0.273. The summed E-state index contributed by atoms with van der Waals surface area (Å²) in [6.07, 6.45) is 2.07. The number of nitrogens with zero attached hydrogens (tertiary/aromatic N) is 2. The van der Waals surface area contributed by atoms with Gasteiger partial charge in [-0.05, 0) is 25.2 Å². The van der Waals surface area contributed by atoms with Crippen LogP contribution in [-0.2, 0) is 0 Å². The van der Waals surface area contributed by atoms with Crippen LogP contribution in [0, 0.1) is 5.92 Å². The van der Waals surface area contributed by atoms with Gasteiger partial charge in [-0.15, -0.1) is 0 Å². The van der Waals surface area contributed by atoms with Gasteiger partial charge in [0.25, 0.3) is 0 Å². The highest BCUT2D eigenvalue weighted by atomic mass is 35.5. The second kappa shape index (κ2) is 5.69. The normalized spacial score (nSPS) is 25.1. The molecule has 1 saturated carbocycles. The van der Waals surface area contributed by atoms with E-state index in [1.165, 1.54) is 0 Å². The molecule has 0 amide bonds. The molecule has 1 fully saturated rings. The van der Waals surface area contributed by atoms with Crippen LogP contribution in [0.5, 0.6) is 0 Å². The van der Waals surface area contributed by atoms with E-state index < -0.39 is 0 Å². The van der Waals surface area contributed by atoms with Crippen molar-refractivity contribution in [1.82, 2.24) is 9.97 Å². The van der Waals surface area contributed by atoms with E-state index >= 15 is 0 Å². The predicted molar refractivity (Wildman–Crippen MR) is 69.3 cm³/mol. The number of anilines is 2. The summed E-state index contributed by atoms with van der Waals surface area (Å²) in [6, 6.07) is 1.40. The minimum Gasteiger partial charge on any atom is -0.394 e. The summed E-state index contributed by atoms with van der Waals surface area (Å²) in [5.74, 6) is 0.807. The van der Waals surface area contributed by atoms with Gasteiger partial charge >= 0.3 is 0 Å². The van der Waals surface area contributed by atoms with Gasteiger partial charge in [-0.3, -0.25) is 0 Å². The first kappa shape index (κ1) is 13.3. The maximum absolute atomic E-state index is 9.52. The number of nitrogens with two attached hydrogens (primary N) is 1. The molecule has 1 aromatic heterocycles. The molecule has 3 atom stereocenters. The van der Waals surface area contributed by atoms with Gasteiger partial charge in [0.15, 0.2) is 0 Å². The quantitative estimate of drug-likeness (QED) is 0.600. The summed E-state index contributed by atoms with van der Waals surface area (Å²) in [7, 11) is 0. The number of aliphatic hydroxyl groups excluding tert-OH is 2. The van der Waals surface area contributed by atoms with Crippen molar-refractivity contribution >= 4 is 23.4 Å². The van der Waals surface area contributed by atoms with Crippen molar-refractivity contribution in [2.75, 3.05) is 17.7 Å². The fourth-order valence-electron chi connectivity index (χ4n) is 2.37. The average Bonchev–Trinajstić information content (AvgIpc) is 2.71. The molecule has 1 aliphatic rings. The zero-order chi connectivity index (χ0) is 13.1. The van der Waals surface area contributed by atoms with Gasteiger partial charge in [0.05, 0.1) is 18.8 Å². The van der Waals surface area contributed by atoms with Crippen LogP contribution in [0.15, 0.2) is 6.07 Å². The van der Waals surface area contributed by atoms with Crippen molar-refractivity contribution in [3.63, 3.8) is 0 Å². The number of rotatable bonds is 4. The van der Waals surface area contributed by atoms with Crippen LogP contribution >= 0.6 is 11.6 Å². The fourth-order valence-corrected chi connectivity index (χ4v) is 2.56. The molecule has 3 unspecified atom stereocenters. The molecule has 1 heterocycles. The van der Waals surface area contributed by atoms with E-state index in [-0.39, 0.29) is 35.8 Å². The molecule has 7 heteroatoms. The molecule has 0 aliphatic heterocycles. The van der Waals surface area contributed by atoms with Crippen molar-refractivity contribution in [1.29, 1.82) is 0 Å². The van der Waals surface area contributed by atoms with Crippen molar-refractivity contribution in [3.8, 4) is 0 Å². The predicted octanol–water partition coefficient (Wildman–Crippen LogP) is 0.646. The highest BCUT2D eigenvalue weighted by Gasteiger charge is 2.29. The van der Waals surface area contributed by atoms with E-state index in [1.54, 1.807) is 6.07 Å². The molecule has 6 nitrogen and oxygen atoms in total. The summed E-state index contributed by atoms with van der Waals surface area (Å²) in [4.78, 5) is 7.78. The van der Waals surface area contributed by atoms with Gasteiger partial charge in [0.2, 0.25) is 5.95 Å². The summed E-state index contributed by atoms with van der Waals surface area (Å²) in [5.41, 5.74) is 5.50. The zero-order valence-corrected chi connectivity index (χ0v) is 10.6. The molecule has 2 rings (SSSR count). The molecule has 5 N–H and O–H groups in total. The number of hydrogen-bond donors (Lipinski definition) is 4. The Morgan fingerprint density at radius 3 is 2.83 bits per heavy atom. The van der Waals surface area contributed by atoms with E-state index in [0.717, 1.165) is 12.8 Å². The van der Waals surface area contributed by atoms with Gasteiger partial charge < -0.3 is 21.3 Å². The Morgan fingerprint density at radius 2 is 2.28 bits per heavy atom. The van der Waals surface area contributed by atoms with Gasteiger partial charge in [-0.1, -0.05) is 11.6 Å². The largest absolute Gasteiger partial charge is 0.394 e. The lowest BCUT2D eigenvalue weighted by atomic mass is 9.98. The maximum atomic E-state index is 9.52. The van der Waals surface area contributed by atoms with E-state index in [2.05, 4.69) is 15.3 Å². The van der Waals surface area contributed by atoms with Crippen LogP contribution in [0.4, 0.5) is 11.8 Å². The number of halogens is 1. The van der Waals surface area contributed by atoms with Crippen molar-refractivity contribution < 1.29 is 10.2 Å². The second-order valence-electron chi connectivity index (χ2n) is 4.59. The SMILES string of the molecule is Nc1nc(Cl)cc(NC(CO)C2CCC(O)C2)n1. The second-order valence-corrected chi connectivity index (χ2v) is 4.98. The molecule has 0 aromatic carbocycles.